The number of benzene rings is 1. The van der Waals surface area contributed by atoms with Gasteiger partial charge in [-0.3, -0.25) is 9.59 Å². The van der Waals surface area contributed by atoms with E-state index in [1.807, 2.05) is 0 Å². The first-order chi connectivity index (χ1) is 8.95. The van der Waals surface area contributed by atoms with Gasteiger partial charge in [-0.1, -0.05) is 23.2 Å². The molecule has 1 N–H and O–H groups in total. The van der Waals surface area contributed by atoms with Crippen LogP contribution in [0.1, 0.15) is 13.8 Å². The summed E-state index contributed by atoms with van der Waals surface area (Å²) in [6, 6.07) is 4.64. The van der Waals surface area contributed by atoms with E-state index in [1.54, 1.807) is 19.1 Å². The minimum Gasteiger partial charge on any atom is -0.501 e. The number of nitrogens with one attached hydrogen (secondary N) is 1. The molecular formula is C13H13Cl2NO3. The molecule has 0 aliphatic heterocycles. The van der Waals surface area contributed by atoms with Crippen molar-refractivity contribution in [3.63, 3.8) is 0 Å². The molecule has 4 nitrogen and oxygen atoms in total. The summed E-state index contributed by atoms with van der Waals surface area (Å²) in [5, 5.41) is 3.25. The smallest absolute Gasteiger partial charge is 0.262 e. The lowest BCUT2D eigenvalue weighted by atomic mass is 10.2. The van der Waals surface area contributed by atoms with Crippen molar-refractivity contribution in [2.24, 2.45) is 0 Å². The number of ether oxygens (including phenoxy) is 1. The molecule has 1 aromatic carbocycles. The highest BCUT2D eigenvalue weighted by molar-refractivity contribution is 6.42. The molecule has 1 aromatic rings. The SMILES string of the molecule is CCOC=C(C(C)=O)C(=O)Nc1ccc(Cl)c(Cl)c1. The van der Waals surface area contributed by atoms with Crippen LogP contribution >= 0.6 is 23.2 Å². The van der Waals surface area contributed by atoms with E-state index in [9.17, 15) is 9.59 Å². The third kappa shape index (κ3) is 4.58. The van der Waals surface area contributed by atoms with Gasteiger partial charge in [-0.15, -0.1) is 0 Å². The maximum atomic E-state index is 11.9. The number of halogens is 2. The molecule has 0 fully saturated rings. The summed E-state index contributed by atoms with van der Waals surface area (Å²) in [6.45, 7) is 3.42. The Labute approximate surface area is 121 Å². The van der Waals surface area contributed by atoms with Crippen LogP contribution in [-0.4, -0.2) is 18.3 Å². The normalized spacial score (nSPS) is 11.1. The maximum Gasteiger partial charge on any atom is 0.262 e. The van der Waals surface area contributed by atoms with Gasteiger partial charge in [0.25, 0.3) is 5.91 Å². The van der Waals surface area contributed by atoms with E-state index in [0.29, 0.717) is 22.3 Å². The van der Waals surface area contributed by atoms with Crippen LogP contribution in [0.2, 0.25) is 10.0 Å². The van der Waals surface area contributed by atoms with Crippen molar-refractivity contribution in [1.82, 2.24) is 0 Å². The number of ketones is 1. The molecule has 0 saturated carbocycles. The largest absolute Gasteiger partial charge is 0.501 e. The van der Waals surface area contributed by atoms with Gasteiger partial charge >= 0.3 is 0 Å². The number of carbonyl (C=O) groups is 2. The molecule has 19 heavy (non-hydrogen) atoms. The summed E-state index contributed by atoms with van der Waals surface area (Å²) in [5.41, 5.74) is 0.385. The standard InChI is InChI=1S/C13H13Cl2NO3/c1-3-19-7-10(8(2)17)13(18)16-9-4-5-11(14)12(15)6-9/h4-7H,3H2,1-2H3,(H,16,18). The van der Waals surface area contributed by atoms with E-state index in [-0.39, 0.29) is 11.4 Å². The molecule has 1 amide bonds. The average molecular weight is 302 g/mol. The first kappa shape index (κ1) is 15.5. The predicted molar refractivity (Wildman–Crippen MR) is 75.5 cm³/mol. The molecule has 102 valence electrons. The quantitative estimate of drug-likeness (QED) is 0.392. The molecule has 0 bridgehead atoms. The topological polar surface area (TPSA) is 55.4 Å². The van der Waals surface area contributed by atoms with Gasteiger partial charge in [0, 0.05) is 5.69 Å². The average Bonchev–Trinajstić information content (AvgIpc) is 2.34. The van der Waals surface area contributed by atoms with Crippen molar-refractivity contribution < 1.29 is 14.3 Å². The Morgan fingerprint density at radius 1 is 1.32 bits per heavy atom. The van der Waals surface area contributed by atoms with Gasteiger partial charge in [0.2, 0.25) is 0 Å². The number of hydrogen-bond donors (Lipinski definition) is 1. The number of anilines is 1. The fraction of sp³-hybridized carbons (Fsp3) is 0.231. The summed E-state index contributed by atoms with van der Waals surface area (Å²) >= 11 is 11.6. The first-order valence-electron chi connectivity index (χ1n) is 5.54. The van der Waals surface area contributed by atoms with Crippen LogP contribution in [0, 0.1) is 0 Å². The van der Waals surface area contributed by atoms with Crippen LogP contribution in [0.3, 0.4) is 0 Å². The van der Waals surface area contributed by atoms with Crippen molar-refractivity contribution in [2.45, 2.75) is 13.8 Å². The van der Waals surface area contributed by atoms with Gasteiger partial charge in [0.1, 0.15) is 5.57 Å². The number of amides is 1. The summed E-state index contributed by atoms with van der Waals surface area (Å²) < 4.78 is 4.97. The van der Waals surface area contributed by atoms with Gasteiger partial charge < -0.3 is 10.1 Å². The lowest BCUT2D eigenvalue weighted by molar-refractivity contribution is -0.119. The molecule has 0 aliphatic carbocycles. The molecule has 0 heterocycles. The van der Waals surface area contributed by atoms with Gasteiger partial charge in [-0.2, -0.15) is 0 Å². The van der Waals surface area contributed by atoms with Crippen molar-refractivity contribution >= 4 is 40.6 Å². The van der Waals surface area contributed by atoms with E-state index in [0.717, 1.165) is 6.26 Å². The van der Waals surface area contributed by atoms with Gasteiger partial charge in [-0.25, -0.2) is 0 Å². The predicted octanol–water partition coefficient (Wildman–Crippen LogP) is 3.44. The molecule has 0 unspecified atom stereocenters. The monoisotopic (exact) mass is 301 g/mol. The molecule has 1 rings (SSSR count). The van der Waals surface area contributed by atoms with E-state index in [1.165, 1.54) is 13.0 Å². The zero-order chi connectivity index (χ0) is 14.4. The lowest BCUT2D eigenvalue weighted by Crippen LogP contribution is -2.19. The fourth-order valence-electron chi connectivity index (χ4n) is 1.24. The number of rotatable bonds is 5. The molecule has 0 spiro atoms. The zero-order valence-corrected chi connectivity index (χ0v) is 12.0. The third-order valence-electron chi connectivity index (χ3n) is 2.17. The second-order valence-corrected chi connectivity index (χ2v) is 4.44. The summed E-state index contributed by atoms with van der Waals surface area (Å²) in [5.74, 6) is -0.939. The van der Waals surface area contributed by atoms with E-state index in [2.05, 4.69) is 5.32 Å². The highest BCUT2D eigenvalue weighted by atomic mass is 35.5. The molecule has 0 atom stereocenters. The fourth-order valence-corrected chi connectivity index (χ4v) is 1.53. The maximum absolute atomic E-state index is 11.9. The Hall–Kier alpha value is -1.52. The molecule has 6 heteroatoms. The summed E-state index contributed by atoms with van der Waals surface area (Å²) in [4.78, 5) is 23.2. The van der Waals surface area contributed by atoms with Crippen molar-refractivity contribution in [2.75, 3.05) is 11.9 Å². The number of Topliss-reactive ketones (excluding diaryl/α,β-unsaturated/α-hetero) is 1. The van der Waals surface area contributed by atoms with Gasteiger partial charge in [0.15, 0.2) is 5.78 Å². The van der Waals surface area contributed by atoms with E-state index in [4.69, 9.17) is 27.9 Å². The highest BCUT2D eigenvalue weighted by Gasteiger charge is 2.15. The van der Waals surface area contributed by atoms with Gasteiger partial charge in [0.05, 0.1) is 22.9 Å². The Morgan fingerprint density at radius 3 is 2.53 bits per heavy atom. The zero-order valence-electron chi connectivity index (χ0n) is 10.5. The third-order valence-corrected chi connectivity index (χ3v) is 2.91. The van der Waals surface area contributed by atoms with Crippen LogP contribution in [-0.2, 0) is 14.3 Å². The van der Waals surface area contributed by atoms with Crippen molar-refractivity contribution in [1.29, 1.82) is 0 Å². The van der Waals surface area contributed by atoms with E-state index < -0.39 is 5.91 Å². The summed E-state index contributed by atoms with van der Waals surface area (Å²) in [7, 11) is 0. The highest BCUT2D eigenvalue weighted by Crippen LogP contribution is 2.25. The number of carbonyl (C=O) groups excluding carboxylic acids is 2. The van der Waals surface area contributed by atoms with Crippen LogP contribution in [0.5, 0.6) is 0 Å². The minimum atomic E-state index is -0.556. The van der Waals surface area contributed by atoms with Gasteiger partial charge in [-0.05, 0) is 32.0 Å². The van der Waals surface area contributed by atoms with Crippen molar-refractivity contribution in [3.05, 3.63) is 40.1 Å². The molecule has 0 saturated heterocycles. The number of hydrogen-bond acceptors (Lipinski definition) is 3. The molecule has 0 radical (unpaired) electrons. The first-order valence-corrected chi connectivity index (χ1v) is 6.30. The Bertz CT molecular complexity index is 527. The minimum absolute atomic E-state index is 0.0621. The van der Waals surface area contributed by atoms with E-state index >= 15 is 0 Å². The van der Waals surface area contributed by atoms with Crippen LogP contribution in [0.4, 0.5) is 5.69 Å². The molecule has 0 aromatic heterocycles. The Balaban J connectivity index is 2.87. The van der Waals surface area contributed by atoms with Crippen molar-refractivity contribution in [3.8, 4) is 0 Å². The molecule has 0 aliphatic rings. The second-order valence-electron chi connectivity index (χ2n) is 3.63. The van der Waals surface area contributed by atoms with Crippen LogP contribution in [0.25, 0.3) is 0 Å². The van der Waals surface area contributed by atoms with Crippen LogP contribution in [0.15, 0.2) is 30.0 Å². The summed E-state index contributed by atoms with van der Waals surface area (Å²) in [6.07, 6.45) is 1.15. The Morgan fingerprint density at radius 2 is 2.00 bits per heavy atom. The Kier molecular flexibility index (Phi) is 5.86. The molecular weight excluding hydrogens is 289 g/mol. The second kappa shape index (κ2) is 7.16. The lowest BCUT2D eigenvalue weighted by Gasteiger charge is -2.07. The van der Waals surface area contributed by atoms with Crippen LogP contribution < -0.4 is 5.32 Å².